The molecule has 0 saturated heterocycles. The molecule has 0 aliphatic rings. The van der Waals surface area contributed by atoms with Gasteiger partial charge in [0.15, 0.2) is 0 Å². The van der Waals surface area contributed by atoms with Gasteiger partial charge >= 0.3 is 6.03 Å². The molecule has 1 heterocycles. The fourth-order valence-corrected chi connectivity index (χ4v) is 3.08. The normalized spacial score (nSPS) is 10.2. The van der Waals surface area contributed by atoms with E-state index in [1.54, 1.807) is 43.6 Å². The first-order chi connectivity index (χ1) is 15.6. The second-order valence-electron chi connectivity index (χ2n) is 6.74. The van der Waals surface area contributed by atoms with Gasteiger partial charge in [0.05, 0.1) is 32.1 Å². The Morgan fingerprint density at radius 2 is 2.00 bits per heavy atom. The van der Waals surface area contributed by atoms with Gasteiger partial charge in [-0.05, 0) is 42.0 Å². The number of carbonyl (C=O) groups excluding carboxylic acids is 1. The third-order valence-electron chi connectivity index (χ3n) is 4.54. The van der Waals surface area contributed by atoms with Crippen LogP contribution in [0.5, 0.6) is 11.5 Å². The summed E-state index contributed by atoms with van der Waals surface area (Å²) in [5, 5.41) is 23.4. The number of aromatic nitrogens is 2. The van der Waals surface area contributed by atoms with Gasteiger partial charge in [-0.25, -0.2) is 14.8 Å². The first-order valence-electron chi connectivity index (χ1n) is 9.80. The molecule has 3 N–H and O–H groups in total. The largest absolute Gasteiger partial charge is 0.497 e. The number of nitriles is 1. The van der Waals surface area contributed by atoms with Gasteiger partial charge in [0.2, 0.25) is 0 Å². The Morgan fingerprint density at radius 1 is 1.16 bits per heavy atom. The molecule has 1 aromatic heterocycles. The van der Waals surface area contributed by atoms with E-state index >= 15 is 0 Å². The summed E-state index contributed by atoms with van der Waals surface area (Å²) in [6, 6.07) is 14.1. The molecule has 9 nitrogen and oxygen atoms in total. The number of methoxy groups -OCH3 is 2. The number of aliphatic hydroxyl groups excluding tert-OH is 1. The Labute approximate surface area is 185 Å². The average Bonchev–Trinajstić information content (AvgIpc) is 2.82. The summed E-state index contributed by atoms with van der Waals surface area (Å²) in [5.74, 6) is 1.65. The van der Waals surface area contributed by atoms with Crippen molar-refractivity contribution in [2.75, 3.05) is 32.7 Å². The van der Waals surface area contributed by atoms with Gasteiger partial charge in [-0.2, -0.15) is 5.26 Å². The van der Waals surface area contributed by atoms with Crippen molar-refractivity contribution in [3.8, 4) is 28.8 Å². The van der Waals surface area contributed by atoms with Crippen molar-refractivity contribution < 1.29 is 19.4 Å². The molecular weight excluding hydrogens is 410 g/mol. The fraction of sp³-hybridized carbons (Fsp3) is 0.217. The second kappa shape index (κ2) is 10.7. The zero-order valence-electron chi connectivity index (χ0n) is 17.8. The quantitative estimate of drug-likeness (QED) is 0.498. The molecule has 3 rings (SSSR count). The molecule has 164 valence electrons. The lowest BCUT2D eigenvalue weighted by atomic mass is 10.1. The van der Waals surface area contributed by atoms with E-state index in [2.05, 4.69) is 26.7 Å². The average molecular weight is 433 g/mol. The van der Waals surface area contributed by atoms with Crippen LogP contribution in [0.25, 0.3) is 11.3 Å². The Kier molecular flexibility index (Phi) is 7.56. The minimum absolute atomic E-state index is 0.144. The third-order valence-corrected chi connectivity index (χ3v) is 4.54. The molecule has 32 heavy (non-hydrogen) atoms. The van der Waals surface area contributed by atoms with Crippen molar-refractivity contribution in [2.45, 2.75) is 6.42 Å². The van der Waals surface area contributed by atoms with Gasteiger partial charge in [0.25, 0.3) is 0 Å². The minimum Gasteiger partial charge on any atom is -0.497 e. The van der Waals surface area contributed by atoms with E-state index in [1.165, 1.54) is 7.11 Å². The number of hydrogen-bond acceptors (Lipinski definition) is 7. The van der Waals surface area contributed by atoms with Crippen LogP contribution in [-0.2, 0) is 6.42 Å². The lowest BCUT2D eigenvalue weighted by Crippen LogP contribution is -2.31. The topological polar surface area (TPSA) is 129 Å². The summed E-state index contributed by atoms with van der Waals surface area (Å²) in [5.41, 5.74) is 3.26. The number of amides is 2. The highest BCUT2D eigenvalue weighted by atomic mass is 16.5. The summed E-state index contributed by atoms with van der Waals surface area (Å²) in [6.07, 6.45) is 2.06. The number of aliphatic hydroxyl groups is 1. The van der Waals surface area contributed by atoms with Crippen LogP contribution < -0.4 is 20.1 Å². The van der Waals surface area contributed by atoms with Crippen molar-refractivity contribution in [1.29, 1.82) is 5.26 Å². The first kappa shape index (κ1) is 22.5. The number of rotatable bonds is 8. The zero-order chi connectivity index (χ0) is 22.9. The van der Waals surface area contributed by atoms with Gasteiger partial charge in [-0.1, -0.05) is 0 Å². The number of nitrogens with zero attached hydrogens (tertiary/aromatic N) is 3. The van der Waals surface area contributed by atoms with Crippen LogP contribution in [-0.4, -0.2) is 48.5 Å². The van der Waals surface area contributed by atoms with Crippen molar-refractivity contribution in [3.63, 3.8) is 0 Å². The Morgan fingerprint density at radius 3 is 2.72 bits per heavy atom. The van der Waals surface area contributed by atoms with Crippen molar-refractivity contribution in [1.82, 2.24) is 15.3 Å². The van der Waals surface area contributed by atoms with Crippen LogP contribution in [0.15, 0.2) is 48.7 Å². The van der Waals surface area contributed by atoms with E-state index in [4.69, 9.17) is 14.6 Å². The molecule has 0 saturated carbocycles. The van der Waals surface area contributed by atoms with Gasteiger partial charge < -0.3 is 25.2 Å². The molecule has 0 aliphatic carbocycles. The Hall–Kier alpha value is -4.16. The summed E-state index contributed by atoms with van der Waals surface area (Å²) >= 11 is 0. The van der Waals surface area contributed by atoms with Crippen LogP contribution in [0.4, 0.5) is 10.5 Å². The van der Waals surface area contributed by atoms with Crippen LogP contribution in [0.2, 0.25) is 0 Å². The van der Waals surface area contributed by atoms with E-state index < -0.39 is 6.03 Å². The maximum Gasteiger partial charge on any atom is 0.319 e. The molecule has 2 aromatic carbocycles. The lowest BCUT2D eigenvalue weighted by Gasteiger charge is -2.11. The highest BCUT2D eigenvalue weighted by molar-refractivity contribution is 5.89. The van der Waals surface area contributed by atoms with Crippen LogP contribution in [0, 0.1) is 11.3 Å². The highest BCUT2D eigenvalue weighted by Crippen LogP contribution is 2.26. The Balaban J connectivity index is 1.84. The zero-order valence-corrected chi connectivity index (χ0v) is 17.8. The summed E-state index contributed by atoms with van der Waals surface area (Å²) in [7, 11) is 3.06. The molecule has 2 amide bonds. The van der Waals surface area contributed by atoms with Crippen molar-refractivity contribution >= 4 is 11.7 Å². The SMILES string of the molecule is COc1cc(Cc2nccc(-c3ccc(OC)c(C#N)c3)n2)cc(NC(=O)NCCO)c1. The van der Waals surface area contributed by atoms with E-state index in [-0.39, 0.29) is 13.2 Å². The predicted molar refractivity (Wildman–Crippen MR) is 119 cm³/mol. The van der Waals surface area contributed by atoms with Crippen LogP contribution in [0.3, 0.4) is 0 Å². The van der Waals surface area contributed by atoms with Gasteiger partial charge in [0, 0.05) is 36.5 Å². The second-order valence-corrected chi connectivity index (χ2v) is 6.74. The van der Waals surface area contributed by atoms with Gasteiger partial charge in [-0.15, -0.1) is 0 Å². The third kappa shape index (κ3) is 5.71. The maximum absolute atomic E-state index is 11.9. The number of ether oxygens (including phenoxy) is 2. The van der Waals surface area contributed by atoms with E-state index in [9.17, 15) is 10.1 Å². The van der Waals surface area contributed by atoms with Crippen molar-refractivity contribution in [2.24, 2.45) is 0 Å². The standard InChI is InChI=1S/C23H23N5O4/c1-31-19-10-15(9-18(13-19)27-23(30)26-7-8-29)11-22-25-6-5-20(28-22)16-3-4-21(32-2)17(12-16)14-24/h3-6,9-10,12-13,29H,7-8,11H2,1-2H3,(H2,26,27,30). The maximum atomic E-state index is 11.9. The van der Waals surface area contributed by atoms with Crippen LogP contribution in [0.1, 0.15) is 17.0 Å². The van der Waals surface area contributed by atoms with Crippen LogP contribution >= 0.6 is 0 Å². The smallest absolute Gasteiger partial charge is 0.319 e. The molecule has 0 radical (unpaired) electrons. The molecule has 0 bridgehead atoms. The molecule has 9 heteroatoms. The van der Waals surface area contributed by atoms with Gasteiger partial charge in [-0.3, -0.25) is 0 Å². The number of urea groups is 1. The molecular formula is C23H23N5O4. The van der Waals surface area contributed by atoms with Gasteiger partial charge in [0.1, 0.15) is 23.4 Å². The summed E-state index contributed by atoms with van der Waals surface area (Å²) in [6.45, 7) is 0.0106. The number of hydrogen-bond donors (Lipinski definition) is 3. The number of anilines is 1. The number of carbonyl (C=O) groups is 1. The minimum atomic E-state index is -0.427. The fourth-order valence-electron chi connectivity index (χ4n) is 3.08. The molecule has 0 unspecified atom stereocenters. The molecule has 3 aromatic rings. The van der Waals surface area contributed by atoms with E-state index in [0.717, 1.165) is 11.1 Å². The monoisotopic (exact) mass is 433 g/mol. The molecule has 0 spiro atoms. The molecule has 0 aliphatic heterocycles. The van der Waals surface area contributed by atoms with E-state index in [1.807, 2.05) is 12.1 Å². The molecule has 0 fully saturated rings. The number of benzene rings is 2. The summed E-state index contributed by atoms with van der Waals surface area (Å²) in [4.78, 5) is 20.9. The van der Waals surface area contributed by atoms with Crippen molar-refractivity contribution in [3.05, 3.63) is 65.6 Å². The Bertz CT molecular complexity index is 1140. The lowest BCUT2D eigenvalue weighted by molar-refractivity contribution is 0.245. The predicted octanol–water partition coefficient (Wildman–Crippen LogP) is 2.74. The summed E-state index contributed by atoms with van der Waals surface area (Å²) < 4.78 is 10.5. The molecule has 0 atom stereocenters. The highest BCUT2D eigenvalue weighted by Gasteiger charge is 2.10. The number of nitrogens with one attached hydrogen (secondary N) is 2. The first-order valence-corrected chi connectivity index (χ1v) is 9.80. The van der Waals surface area contributed by atoms with E-state index in [0.29, 0.717) is 40.7 Å².